The smallest absolute Gasteiger partial charge is 0.411 e. The first-order chi connectivity index (χ1) is 8.29. The first-order valence-electron chi connectivity index (χ1n) is 6.11. The van der Waals surface area contributed by atoms with Gasteiger partial charge in [0.25, 0.3) is 0 Å². The largest absolute Gasteiger partial charge is 0.480 e. The number of fused-ring (bicyclic) bond motifs is 1. The molecule has 0 unspecified atom stereocenters. The number of hydrogen-bond acceptors (Lipinski definition) is 4. The molecule has 6 nitrogen and oxygen atoms in total. The van der Waals surface area contributed by atoms with Crippen molar-refractivity contribution in [3.8, 4) is 0 Å². The molecular formula is C12H19NO5. The number of likely N-dealkylation sites (tertiary alicyclic amines) is 1. The lowest BCUT2D eigenvalue weighted by molar-refractivity contribution is -0.142. The average Bonchev–Trinajstić information content (AvgIpc) is 2.70. The van der Waals surface area contributed by atoms with E-state index in [1.807, 2.05) is 0 Å². The van der Waals surface area contributed by atoms with Gasteiger partial charge in [-0.05, 0) is 27.2 Å². The third-order valence-electron chi connectivity index (χ3n) is 3.27. The Morgan fingerprint density at radius 2 is 2.00 bits per heavy atom. The van der Waals surface area contributed by atoms with Gasteiger partial charge in [0.1, 0.15) is 11.6 Å². The van der Waals surface area contributed by atoms with Crippen molar-refractivity contribution in [2.45, 2.75) is 44.9 Å². The molecule has 0 saturated carbocycles. The van der Waals surface area contributed by atoms with Crippen LogP contribution in [0.15, 0.2) is 0 Å². The van der Waals surface area contributed by atoms with Crippen LogP contribution in [-0.2, 0) is 14.3 Å². The zero-order chi connectivity index (χ0) is 13.5. The van der Waals surface area contributed by atoms with Crippen molar-refractivity contribution in [1.29, 1.82) is 0 Å². The second-order valence-electron chi connectivity index (χ2n) is 5.84. The maximum Gasteiger partial charge on any atom is 0.411 e. The second-order valence-corrected chi connectivity index (χ2v) is 5.84. The number of carboxylic acid groups (broad SMARTS) is 1. The summed E-state index contributed by atoms with van der Waals surface area (Å²) in [5.74, 6) is -0.867. The molecule has 2 aliphatic heterocycles. The van der Waals surface area contributed by atoms with Crippen LogP contribution in [0.5, 0.6) is 0 Å². The standard InChI is InChI=1S/C12H19NO5/c1-12(2,3)18-11(16)13-8(10(14)15)4-7-5-17-6-9(7)13/h7-9H,4-6H2,1-3H3,(H,14,15)/t7-,8-,9+/m1/s1. The van der Waals surface area contributed by atoms with E-state index in [4.69, 9.17) is 9.47 Å². The van der Waals surface area contributed by atoms with E-state index >= 15 is 0 Å². The first kappa shape index (κ1) is 13.1. The molecule has 1 N–H and O–H groups in total. The van der Waals surface area contributed by atoms with E-state index in [0.29, 0.717) is 19.6 Å². The highest BCUT2D eigenvalue weighted by molar-refractivity contribution is 5.81. The number of rotatable bonds is 1. The Kier molecular flexibility index (Phi) is 3.23. The molecule has 2 rings (SSSR count). The Morgan fingerprint density at radius 3 is 2.56 bits per heavy atom. The molecule has 6 heteroatoms. The number of carbonyl (C=O) groups excluding carboxylic acids is 1. The van der Waals surface area contributed by atoms with Crippen molar-refractivity contribution in [2.24, 2.45) is 5.92 Å². The summed E-state index contributed by atoms with van der Waals surface area (Å²) >= 11 is 0. The van der Waals surface area contributed by atoms with Crippen LogP contribution in [0.1, 0.15) is 27.2 Å². The molecule has 2 aliphatic rings. The van der Waals surface area contributed by atoms with Gasteiger partial charge in [-0.15, -0.1) is 0 Å². The van der Waals surface area contributed by atoms with Crippen LogP contribution in [0.3, 0.4) is 0 Å². The van der Waals surface area contributed by atoms with Crippen LogP contribution in [0, 0.1) is 5.92 Å². The predicted octanol–water partition coefficient (Wildman–Crippen LogP) is 1.10. The Bertz CT molecular complexity index is 362. The number of amides is 1. The van der Waals surface area contributed by atoms with E-state index < -0.39 is 23.7 Å². The van der Waals surface area contributed by atoms with E-state index in [1.165, 1.54) is 4.90 Å². The summed E-state index contributed by atoms with van der Waals surface area (Å²) in [7, 11) is 0. The molecular weight excluding hydrogens is 238 g/mol. The van der Waals surface area contributed by atoms with Crippen LogP contribution < -0.4 is 0 Å². The number of carbonyl (C=O) groups is 2. The normalized spacial score (nSPS) is 31.3. The summed E-state index contributed by atoms with van der Waals surface area (Å²) in [6.07, 6.45) is -0.118. The van der Waals surface area contributed by atoms with Crippen molar-refractivity contribution < 1.29 is 24.2 Å². The predicted molar refractivity (Wildman–Crippen MR) is 62.2 cm³/mol. The van der Waals surface area contributed by atoms with E-state index in [9.17, 15) is 14.7 Å². The molecule has 0 spiro atoms. The summed E-state index contributed by atoms with van der Waals surface area (Å²) in [6.45, 7) is 6.21. The van der Waals surface area contributed by atoms with Crippen LogP contribution in [0.2, 0.25) is 0 Å². The number of hydrogen-bond donors (Lipinski definition) is 1. The van der Waals surface area contributed by atoms with Crippen LogP contribution in [-0.4, -0.2) is 53.0 Å². The van der Waals surface area contributed by atoms with Crippen molar-refractivity contribution in [1.82, 2.24) is 4.90 Å². The van der Waals surface area contributed by atoms with Gasteiger partial charge < -0.3 is 14.6 Å². The third-order valence-corrected chi connectivity index (χ3v) is 3.27. The molecule has 3 atom stereocenters. The number of nitrogens with zero attached hydrogens (tertiary/aromatic N) is 1. The van der Waals surface area contributed by atoms with Gasteiger partial charge in [0.15, 0.2) is 0 Å². The van der Waals surface area contributed by atoms with Gasteiger partial charge >= 0.3 is 12.1 Å². The molecule has 0 radical (unpaired) electrons. The first-order valence-corrected chi connectivity index (χ1v) is 6.11. The van der Waals surface area contributed by atoms with Crippen molar-refractivity contribution in [2.75, 3.05) is 13.2 Å². The Balaban J connectivity index is 2.16. The molecule has 0 bridgehead atoms. The third kappa shape index (κ3) is 2.43. The SMILES string of the molecule is CC(C)(C)OC(=O)N1[C@@H](C(=O)O)C[C@@H]2COC[C@@H]21. The Labute approximate surface area is 106 Å². The van der Waals surface area contributed by atoms with Gasteiger partial charge in [-0.25, -0.2) is 9.59 Å². The van der Waals surface area contributed by atoms with Gasteiger partial charge in [-0.1, -0.05) is 0 Å². The highest BCUT2D eigenvalue weighted by Gasteiger charge is 2.50. The fourth-order valence-electron chi connectivity index (χ4n) is 2.55. The lowest BCUT2D eigenvalue weighted by Crippen LogP contribution is -2.48. The number of carboxylic acids is 1. The fourth-order valence-corrected chi connectivity index (χ4v) is 2.55. The molecule has 0 aromatic rings. The summed E-state index contributed by atoms with van der Waals surface area (Å²) in [5, 5.41) is 9.20. The molecule has 0 aliphatic carbocycles. The van der Waals surface area contributed by atoms with Crippen LogP contribution >= 0.6 is 0 Å². The fraction of sp³-hybridized carbons (Fsp3) is 0.833. The summed E-state index contributed by atoms with van der Waals surface area (Å²) in [5.41, 5.74) is -0.627. The molecule has 0 aromatic carbocycles. The zero-order valence-corrected chi connectivity index (χ0v) is 10.9. The molecule has 18 heavy (non-hydrogen) atoms. The van der Waals surface area contributed by atoms with Gasteiger partial charge in [0, 0.05) is 5.92 Å². The van der Waals surface area contributed by atoms with Crippen molar-refractivity contribution in [3.63, 3.8) is 0 Å². The van der Waals surface area contributed by atoms with Gasteiger partial charge in [0.05, 0.1) is 19.3 Å². The maximum absolute atomic E-state index is 12.1. The summed E-state index contributed by atoms with van der Waals surface area (Å²) in [4.78, 5) is 24.7. The van der Waals surface area contributed by atoms with Gasteiger partial charge in [0.2, 0.25) is 0 Å². The Morgan fingerprint density at radius 1 is 1.33 bits per heavy atom. The molecule has 2 heterocycles. The minimum Gasteiger partial charge on any atom is -0.480 e. The van der Waals surface area contributed by atoms with E-state index in [2.05, 4.69) is 0 Å². The molecule has 0 aromatic heterocycles. The number of aliphatic carboxylic acids is 1. The molecule has 2 saturated heterocycles. The molecule has 1 amide bonds. The highest BCUT2D eigenvalue weighted by atomic mass is 16.6. The van der Waals surface area contributed by atoms with E-state index in [0.717, 1.165) is 0 Å². The maximum atomic E-state index is 12.1. The van der Waals surface area contributed by atoms with Crippen molar-refractivity contribution in [3.05, 3.63) is 0 Å². The summed E-state index contributed by atoms with van der Waals surface area (Å²) in [6, 6.07) is -0.959. The van der Waals surface area contributed by atoms with Gasteiger partial charge in [-0.3, -0.25) is 4.90 Å². The minimum absolute atomic E-state index is 0.110. The number of ether oxygens (including phenoxy) is 2. The monoisotopic (exact) mass is 257 g/mol. The van der Waals surface area contributed by atoms with E-state index in [-0.39, 0.29) is 12.0 Å². The topological polar surface area (TPSA) is 76.1 Å². The van der Waals surface area contributed by atoms with Crippen LogP contribution in [0.4, 0.5) is 4.79 Å². The van der Waals surface area contributed by atoms with E-state index in [1.54, 1.807) is 20.8 Å². The lowest BCUT2D eigenvalue weighted by Gasteiger charge is -2.30. The highest BCUT2D eigenvalue weighted by Crippen LogP contribution is 2.35. The Hall–Kier alpha value is -1.30. The van der Waals surface area contributed by atoms with Crippen LogP contribution in [0.25, 0.3) is 0 Å². The van der Waals surface area contributed by atoms with Crippen molar-refractivity contribution >= 4 is 12.1 Å². The quantitative estimate of drug-likeness (QED) is 0.761. The minimum atomic E-state index is -0.977. The lowest BCUT2D eigenvalue weighted by atomic mass is 10.0. The zero-order valence-electron chi connectivity index (χ0n) is 10.9. The molecule has 102 valence electrons. The second kappa shape index (κ2) is 4.42. The summed E-state index contributed by atoms with van der Waals surface area (Å²) < 4.78 is 10.6. The average molecular weight is 257 g/mol. The van der Waals surface area contributed by atoms with Gasteiger partial charge in [-0.2, -0.15) is 0 Å². The molecule has 2 fully saturated rings.